The average molecular weight is 333 g/mol. The minimum Gasteiger partial charge on any atom is -0.310 e. The molecule has 1 aliphatic rings. The van der Waals surface area contributed by atoms with E-state index in [4.69, 9.17) is 11.6 Å². The maximum atomic E-state index is 12.9. The highest BCUT2D eigenvalue weighted by atomic mass is 35.5. The number of amides is 1. The molecule has 0 radical (unpaired) electrons. The van der Waals surface area contributed by atoms with Crippen molar-refractivity contribution in [3.63, 3.8) is 0 Å². The summed E-state index contributed by atoms with van der Waals surface area (Å²) in [5, 5.41) is 4.81. The lowest BCUT2D eigenvalue weighted by atomic mass is 10.0. The van der Waals surface area contributed by atoms with Crippen molar-refractivity contribution in [3.8, 4) is 0 Å². The molecule has 1 amide bonds. The highest BCUT2D eigenvalue weighted by Gasteiger charge is 2.33. The fourth-order valence-corrected chi connectivity index (χ4v) is 3.36. The summed E-state index contributed by atoms with van der Waals surface area (Å²) in [6.45, 7) is 1.43. The number of rotatable bonds is 4. The van der Waals surface area contributed by atoms with Gasteiger partial charge in [0.05, 0.1) is 22.9 Å². The number of halogens is 1. The summed E-state index contributed by atoms with van der Waals surface area (Å²) >= 11 is 6.26. The van der Waals surface area contributed by atoms with E-state index in [9.17, 15) is 4.79 Å². The Hall–Kier alpha value is -1.85. The van der Waals surface area contributed by atoms with E-state index < -0.39 is 0 Å². The van der Waals surface area contributed by atoms with Crippen LogP contribution in [0, 0.1) is 0 Å². The van der Waals surface area contributed by atoms with Crippen molar-refractivity contribution in [2.75, 3.05) is 18.5 Å². The van der Waals surface area contributed by atoms with Gasteiger partial charge in [0.2, 0.25) is 5.91 Å². The molecule has 5 nitrogen and oxygen atoms in total. The Balaban J connectivity index is 1.75. The minimum absolute atomic E-state index is 0.121. The monoisotopic (exact) mass is 332 g/mol. The lowest BCUT2D eigenvalue weighted by Crippen LogP contribution is -2.51. The molecule has 0 spiro atoms. The van der Waals surface area contributed by atoms with Crippen LogP contribution in [0.15, 0.2) is 36.7 Å². The summed E-state index contributed by atoms with van der Waals surface area (Å²) < 4.78 is 1.78. The molecule has 0 aliphatic carbocycles. The molecule has 1 aromatic heterocycles. The van der Waals surface area contributed by atoms with E-state index in [0.717, 1.165) is 30.6 Å². The molecule has 1 atom stereocenters. The molecule has 0 unspecified atom stereocenters. The second kappa shape index (κ2) is 6.72. The fourth-order valence-electron chi connectivity index (χ4n) is 3.13. The van der Waals surface area contributed by atoms with Gasteiger partial charge in [-0.15, -0.1) is 0 Å². The molecule has 1 saturated heterocycles. The van der Waals surface area contributed by atoms with Gasteiger partial charge in [-0.1, -0.05) is 23.7 Å². The Morgan fingerprint density at radius 1 is 1.39 bits per heavy atom. The largest absolute Gasteiger partial charge is 0.310 e. The summed E-state index contributed by atoms with van der Waals surface area (Å²) in [5.74, 6) is 0.121. The quantitative estimate of drug-likeness (QED) is 0.864. The standard InChI is InChI=1S/C17H21ClN4O/c1-20(11-13-10-19-21(2)12-13)16-8-5-9-22(17(16)23)15-7-4-3-6-14(15)18/h3-4,6-7,10,12,16H,5,8-9,11H2,1-2H3/t16-/m0/s1. The number of nitrogens with zero attached hydrogens (tertiary/aromatic N) is 4. The van der Waals surface area contributed by atoms with Crippen LogP contribution in [0.3, 0.4) is 0 Å². The first kappa shape index (κ1) is 16.0. The van der Waals surface area contributed by atoms with Crippen molar-refractivity contribution in [3.05, 3.63) is 47.2 Å². The predicted octanol–water partition coefficient (Wildman–Crippen LogP) is 2.70. The Bertz CT molecular complexity index is 699. The first-order chi connectivity index (χ1) is 11.1. The van der Waals surface area contributed by atoms with Crippen molar-refractivity contribution in [2.24, 2.45) is 7.05 Å². The third-order valence-corrected chi connectivity index (χ3v) is 4.60. The van der Waals surface area contributed by atoms with Crippen LogP contribution in [0.25, 0.3) is 0 Å². The molecule has 0 N–H and O–H groups in total. The van der Waals surface area contributed by atoms with E-state index in [2.05, 4.69) is 10.00 Å². The van der Waals surface area contributed by atoms with Gasteiger partial charge in [-0.05, 0) is 32.0 Å². The van der Waals surface area contributed by atoms with E-state index in [-0.39, 0.29) is 11.9 Å². The van der Waals surface area contributed by atoms with Crippen molar-refractivity contribution < 1.29 is 4.79 Å². The molecule has 2 heterocycles. The van der Waals surface area contributed by atoms with Gasteiger partial charge in [0.15, 0.2) is 0 Å². The molecular formula is C17H21ClN4O. The number of aryl methyl sites for hydroxylation is 1. The van der Waals surface area contributed by atoms with Gasteiger partial charge >= 0.3 is 0 Å². The zero-order valence-electron chi connectivity index (χ0n) is 13.4. The van der Waals surface area contributed by atoms with Crippen molar-refractivity contribution in [1.29, 1.82) is 0 Å². The molecule has 6 heteroatoms. The van der Waals surface area contributed by atoms with Crippen LogP contribution in [-0.4, -0.2) is 40.2 Å². The van der Waals surface area contributed by atoms with Gasteiger partial charge < -0.3 is 4.90 Å². The zero-order valence-corrected chi connectivity index (χ0v) is 14.2. The third-order valence-electron chi connectivity index (χ3n) is 4.28. The van der Waals surface area contributed by atoms with Gasteiger partial charge in [-0.25, -0.2) is 0 Å². The van der Waals surface area contributed by atoms with E-state index in [1.807, 2.05) is 55.7 Å². The highest BCUT2D eigenvalue weighted by Crippen LogP contribution is 2.29. The normalized spacial score (nSPS) is 18.7. The number of para-hydroxylation sites is 1. The van der Waals surface area contributed by atoms with Crippen LogP contribution in [0.5, 0.6) is 0 Å². The SMILES string of the molecule is CN(Cc1cnn(C)c1)[C@H]1CCCN(c2ccccc2Cl)C1=O. The van der Waals surface area contributed by atoms with Crippen LogP contribution in [0.1, 0.15) is 18.4 Å². The van der Waals surface area contributed by atoms with Crippen LogP contribution in [-0.2, 0) is 18.4 Å². The summed E-state index contributed by atoms with van der Waals surface area (Å²) in [5.41, 5.74) is 1.91. The van der Waals surface area contributed by atoms with E-state index >= 15 is 0 Å². The fraction of sp³-hybridized carbons (Fsp3) is 0.412. The molecule has 1 aliphatic heterocycles. The van der Waals surface area contributed by atoms with Gasteiger partial charge in [0.25, 0.3) is 0 Å². The molecular weight excluding hydrogens is 312 g/mol. The molecule has 1 fully saturated rings. The smallest absolute Gasteiger partial charge is 0.244 e. The number of likely N-dealkylation sites (N-methyl/N-ethyl adjacent to an activating group) is 1. The number of benzene rings is 1. The van der Waals surface area contributed by atoms with Crippen LogP contribution >= 0.6 is 11.6 Å². The average Bonchev–Trinajstić information content (AvgIpc) is 2.93. The molecule has 0 saturated carbocycles. The number of hydrogen-bond acceptors (Lipinski definition) is 3. The van der Waals surface area contributed by atoms with E-state index in [1.54, 1.807) is 4.68 Å². The summed E-state index contributed by atoms with van der Waals surface area (Å²) in [6.07, 6.45) is 5.67. The maximum absolute atomic E-state index is 12.9. The number of carbonyl (C=O) groups excluding carboxylic acids is 1. The Labute approximate surface area is 141 Å². The van der Waals surface area contributed by atoms with Crippen molar-refractivity contribution in [2.45, 2.75) is 25.4 Å². The third kappa shape index (κ3) is 3.41. The first-order valence-corrected chi connectivity index (χ1v) is 8.17. The van der Waals surface area contributed by atoms with Crippen LogP contribution < -0.4 is 4.90 Å². The minimum atomic E-state index is -0.125. The van der Waals surface area contributed by atoms with E-state index in [0.29, 0.717) is 11.6 Å². The van der Waals surface area contributed by atoms with Crippen molar-refractivity contribution >= 4 is 23.2 Å². The summed E-state index contributed by atoms with van der Waals surface area (Å²) in [4.78, 5) is 16.8. The summed E-state index contributed by atoms with van der Waals surface area (Å²) in [7, 11) is 3.89. The van der Waals surface area contributed by atoms with Gasteiger partial charge in [0.1, 0.15) is 0 Å². The number of aromatic nitrogens is 2. The molecule has 1 aromatic carbocycles. The Morgan fingerprint density at radius 3 is 2.87 bits per heavy atom. The molecule has 2 aromatic rings. The number of hydrogen-bond donors (Lipinski definition) is 0. The molecule has 0 bridgehead atoms. The number of anilines is 1. The second-order valence-electron chi connectivity index (χ2n) is 6.04. The van der Waals surface area contributed by atoms with Gasteiger partial charge in [-0.2, -0.15) is 5.10 Å². The first-order valence-electron chi connectivity index (χ1n) is 7.80. The maximum Gasteiger partial charge on any atom is 0.244 e. The number of piperidine rings is 1. The zero-order chi connectivity index (χ0) is 16.4. The van der Waals surface area contributed by atoms with Crippen LogP contribution in [0.4, 0.5) is 5.69 Å². The molecule has 122 valence electrons. The van der Waals surface area contributed by atoms with E-state index in [1.165, 1.54) is 0 Å². The second-order valence-corrected chi connectivity index (χ2v) is 6.44. The van der Waals surface area contributed by atoms with Gasteiger partial charge in [0, 0.05) is 31.9 Å². The predicted molar refractivity (Wildman–Crippen MR) is 91.5 cm³/mol. The van der Waals surface area contributed by atoms with Crippen LogP contribution in [0.2, 0.25) is 5.02 Å². The van der Waals surface area contributed by atoms with Crippen molar-refractivity contribution in [1.82, 2.24) is 14.7 Å². The molecule has 23 heavy (non-hydrogen) atoms. The Morgan fingerprint density at radius 2 is 2.17 bits per heavy atom. The van der Waals surface area contributed by atoms with Gasteiger partial charge in [-0.3, -0.25) is 14.4 Å². The lowest BCUT2D eigenvalue weighted by Gasteiger charge is -2.37. The molecule has 3 rings (SSSR count). The lowest BCUT2D eigenvalue weighted by molar-refractivity contribution is -0.125. The topological polar surface area (TPSA) is 41.4 Å². The Kier molecular flexibility index (Phi) is 4.68. The number of carbonyl (C=O) groups is 1. The summed E-state index contributed by atoms with van der Waals surface area (Å²) in [6, 6.07) is 7.40. The highest BCUT2D eigenvalue weighted by molar-refractivity contribution is 6.33.